The SMILES string of the molecule is CCCCCC(=O)O[C@H]1CCN(c2cc3c(N[C@@H]4CCN(c5ncc(C#N)cn5)CC4(C)C)c(C(N)=O)cnn3c2)C1=O. The molecular weight excluding hydrogens is 550 g/mol. The van der Waals surface area contributed by atoms with E-state index in [1.807, 2.05) is 6.07 Å². The molecule has 0 unspecified atom stereocenters. The quantitative estimate of drug-likeness (QED) is 0.265. The lowest BCUT2D eigenvalue weighted by atomic mass is 9.79. The first-order chi connectivity index (χ1) is 20.6. The van der Waals surface area contributed by atoms with Crippen molar-refractivity contribution >= 4 is 40.6 Å². The van der Waals surface area contributed by atoms with Crippen LogP contribution in [0.15, 0.2) is 30.9 Å². The predicted molar refractivity (Wildman–Crippen MR) is 159 cm³/mol. The number of anilines is 3. The molecule has 0 spiro atoms. The lowest BCUT2D eigenvalue weighted by molar-refractivity contribution is -0.153. The molecule has 13 nitrogen and oxygen atoms in total. The number of aromatic nitrogens is 4. The minimum Gasteiger partial charge on any atom is -0.452 e. The summed E-state index contributed by atoms with van der Waals surface area (Å²) in [5, 5.41) is 17.0. The molecule has 2 amide bonds. The van der Waals surface area contributed by atoms with Gasteiger partial charge in [-0.1, -0.05) is 33.6 Å². The summed E-state index contributed by atoms with van der Waals surface area (Å²) in [4.78, 5) is 50.3. The number of fused-ring (bicyclic) bond motifs is 1. The number of primary amides is 1. The third-order valence-electron chi connectivity index (χ3n) is 8.21. The largest absolute Gasteiger partial charge is 0.452 e. The molecule has 2 fully saturated rings. The molecule has 2 saturated heterocycles. The van der Waals surface area contributed by atoms with E-state index in [0.29, 0.717) is 67.3 Å². The van der Waals surface area contributed by atoms with Crippen molar-refractivity contribution < 1.29 is 19.1 Å². The van der Waals surface area contributed by atoms with E-state index in [0.717, 1.165) is 19.3 Å². The summed E-state index contributed by atoms with van der Waals surface area (Å²) in [6, 6.07) is 3.79. The lowest BCUT2D eigenvalue weighted by Gasteiger charge is -2.45. The Balaban J connectivity index is 1.35. The number of amides is 2. The molecule has 2 aliphatic rings. The number of nitriles is 1. The molecule has 2 aliphatic heterocycles. The molecule has 3 aromatic heterocycles. The molecule has 5 heterocycles. The van der Waals surface area contributed by atoms with Gasteiger partial charge < -0.3 is 25.6 Å². The number of piperidine rings is 1. The Hall–Kier alpha value is -4.73. The molecule has 43 heavy (non-hydrogen) atoms. The summed E-state index contributed by atoms with van der Waals surface area (Å²) in [6.07, 6.45) is 9.49. The van der Waals surface area contributed by atoms with Gasteiger partial charge in [-0.2, -0.15) is 10.4 Å². The zero-order valence-electron chi connectivity index (χ0n) is 24.7. The highest BCUT2D eigenvalue weighted by Crippen LogP contribution is 2.36. The van der Waals surface area contributed by atoms with Gasteiger partial charge in [0.2, 0.25) is 5.95 Å². The van der Waals surface area contributed by atoms with E-state index in [-0.39, 0.29) is 28.9 Å². The fourth-order valence-electron chi connectivity index (χ4n) is 5.80. The number of carbonyl (C=O) groups excluding carboxylic acids is 3. The third-order valence-corrected chi connectivity index (χ3v) is 8.21. The number of ether oxygens (including phenoxy) is 1. The molecule has 0 aromatic carbocycles. The summed E-state index contributed by atoms with van der Waals surface area (Å²) < 4.78 is 7.11. The Bertz CT molecular complexity index is 1560. The number of rotatable bonds is 10. The van der Waals surface area contributed by atoms with Crippen LogP contribution in [0, 0.1) is 16.7 Å². The molecule has 3 N–H and O–H groups in total. The van der Waals surface area contributed by atoms with E-state index >= 15 is 0 Å². The van der Waals surface area contributed by atoms with Gasteiger partial charge in [0.15, 0.2) is 6.10 Å². The number of nitrogens with two attached hydrogens (primary N) is 1. The minimum absolute atomic E-state index is 0.0466. The Labute approximate surface area is 250 Å². The molecule has 226 valence electrons. The van der Waals surface area contributed by atoms with Crippen LogP contribution < -0.4 is 20.9 Å². The van der Waals surface area contributed by atoms with Gasteiger partial charge in [0.1, 0.15) is 6.07 Å². The van der Waals surface area contributed by atoms with Crippen molar-refractivity contribution in [2.75, 3.05) is 34.8 Å². The molecule has 0 aliphatic carbocycles. The maximum absolute atomic E-state index is 13.2. The molecular formula is C30H37N9O4. The molecule has 3 aromatic rings. The second kappa shape index (κ2) is 12.2. The molecule has 2 atom stereocenters. The Kier molecular flexibility index (Phi) is 8.47. The Morgan fingerprint density at radius 3 is 2.63 bits per heavy atom. The summed E-state index contributed by atoms with van der Waals surface area (Å²) >= 11 is 0. The lowest BCUT2D eigenvalue weighted by Crippen LogP contribution is -2.52. The maximum atomic E-state index is 13.2. The maximum Gasteiger partial charge on any atom is 0.306 e. The van der Waals surface area contributed by atoms with Crippen molar-refractivity contribution in [1.82, 2.24) is 19.6 Å². The van der Waals surface area contributed by atoms with Crippen LogP contribution in [0.2, 0.25) is 0 Å². The highest BCUT2D eigenvalue weighted by Gasteiger charge is 2.39. The number of esters is 1. The number of nitrogens with one attached hydrogen (secondary N) is 1. The van der Waals surface area contributed by atoms with E-state index in [4.69, 9.17) is 15.7 Å². The van der Waals surface area contributed by atoms with Crippen LogP contribution in [0.25, 0.3) is 5.52 Å². The van der Waals surface area contributed by atoms with Crippen LogP contribution >= 0.6 is 0 Å². The number of hydrogen-bond donors (Lipinski definition) is 2. The highest BCUT2D eigenvalue weighted by atomic mass is 16.5. The predicted octanol–water partition coefficient (Wildman–Crippen LogP) is 3.04. The highest BCUT2D eigenvalue weighted by molar-refractivity contribution is 6.04. The van der Waals surface area contributed by atoms with Crippen LogP contribution in [0.1, 0.15) is 75.2 Å². The first-order valence-electron chi connectivity index (χ1n) is 14.7. The van der Waals surface area contributed by atoms with Crippen LogP contribution in [0.5, 0.6) is 0 Å². The van der Waals surface area contributed by atoms with Gasteiger partial charge in [-0.25, -0.2) is 14.5 Å². The van der Waals surface area contributed by atoms with Gasteiger partial charge in [-0.3, -0.25) is 14.4 Å². The second-order valence-electron chi connectivity index (χ2n) is 11.8. The molecule has 13 heteroatoms. The van der Waals surface area contributed by atoms with Gasteiger partial charge in [0, 0.05) is 43.9 Å². The van der Waals surface area contributed by atoms with E-state index < -0.39 is 12.0 Å². The van der Waals surface area contributed by atoms with Crippen molar-refractivity contribution in [2.24, 2.45) is 11.1 Å². The van der Waals surface area contributed by atoms with E-state index in [9.17, 15) is 14.4 Å². The summed E-state index contributed by atoms with van der Waals surface area (Å²) in [6.45, 7) is 8.01. The summed E-state index contributed by atoms with van der Waals surface area (Å²) in [5.41, 5.74) is 7.89. The average Bonchev–Trinajstić information content (AvgIpc) is 3.57. The normalized spacial score (nSPS) is 19.8. The van der Waals surface area contributed by atoms with Gasteiger partial charge in [-0.05, 0) is 18.9 Å². The Morgan fingerprint density at radius 2 is 1.95 bits per heavy atom. The first-order valence-corrected chi connectivity index (χ1v) is 14.7. The summed E-state index contributed by atoms with van der Waals surface area (Å²) in [5.74, 6) is -0.683. The van der Waals surface area contributed by atoms with Gasteiger partial charge >= 0.3 is 5.97 Å². The van der Waals surface area contributed by atoms with Crippen LogP contribution in [-0.4, -0.2) is 69.1 Å². The van der Waals surface area contributed by atoms with Crippen LogP contribution in [-0.2, 0) is 14.3 Å². The minimum atomic E-state index is -0.810. The zero-order valence-corrected chi connectivity index (χ0v) is 24.7. The van der Waals surface area contributed by atoms with Crippen LogP contribution in [0.3, 0.4) is 0 Å². The first kappa shape index (κ1) is 29.8. The van der Waals surface area contributed by atoms with E-state index in [2.05, 4.69) is 46.1 Å². The van der Waals surface area contributed by atoms with Crippen molar-refractivity contribution in [2.45, 2.75) is 71.4 Å². The second-order valence-corrected chi connectivity index (χ2v) is 11.8. The number of unbranched alkanes of at least 4 members (excludes halogenated alkanes) is 2. The third kappa shape index (κ3) is 6.23. The van der Waals surface area contributed by atoms with Crippen molar-refractivity contribution in [1.29, 1.82) is 5.26 Å². The molecule has 0 bridgehead atoms. The summed E-state index contributed by atoms with van der Waals surface area (Å²) in [7, 11) is 0. The van der Waals surface area contributed by atoms with Gasteiger partial charge in [0.05, 0.1) is 52.8 Å². The number of nitrogens with zero attached hydrogens (tertiary/aromatic N) is 7. The van der Waals surface area contributed by atoms with Crippen LogP contribution in [0.4, 0.5) is 17.3 Å². The fourth-order valence-corrected chi connectivity index (χ4v) is 5.80. The molecule has 5 rings (SSSR count). The monoisotopic (exact) mass is 587 g/mol. The van der Waals surface area contributed by atoms with Crippen molar-refractivity contribution in [3.05, 3.63) is 42.0 Å². The molecule has 0 radical (unpaired) electrons. The number of hydrogen-bond acceptors (Lipinski definition) is 10. The smallest absolute Gasteiger partial charge is 0.306 e. The van der Waals surface area contributed by atoms with Gasteiger partial charge in [-0.15, -0.1) is 0 Å². The van der Waals surface area contributed by atoms with Gasteiger partial charge in [0.25, 0.3) is 11.8 Å². The Morgan fingerprint density at radius 1 is 1.19 bits per heavy atom. The van der Waals surface area contributed by atoms with Crippen molar-refractivity contribution in [3.63, 3.8) is 0 Å². The fraction of sp³-hybridized carbons (Fsp3) is 0.500. The molecule has 0 saturated carbocycles. The van der Waals surface area contributed by atoms with E-state index in [1.54, 1.807) is 21.7 Å². The standard InChI is InChI=1S/C30H37N9O4/c1-4-5-6-7-25(40)43-23-8-11-38(28(23)42)20-12-22-26(21(27(32)41)16-35-39(22)17-20)36-24-9-10-37(18-30(24,2)3)29-33-14-19(13-31)15-34-29/h12,14-17,23-24,36H,4-11,18H2,1-3H3,(H2,32,41)/t23-,24+/m0/s1. The average molecular weight is 588 g/mol. The number of carbonyl (C=O) groups is 3. The zero-order chi connectivity index (χ0) is 30.7. The van der Waals surface area contributed by atoms with Crippen molar-refractivity contribution in [3.8, 4) is 6.07 Å². The van der Waals surface area contributed by atoms with E-state index in [1.165, 1.54) is 18.6 Å². The topological polar surface area (TPSA) is 172 Å².